The van der Waals surface area contributed by atoms with Crippen LogP contribution >= 0.6 is 24.2 Å². The standard InChI is InChI=1S/C15H24N2O2S.ClH/c1-3-20-12-13-4-6-14(7-5-13)15(18)17-9-8-16-10-11-19-2;/h4-7,16H,3,8-12H2,1-2H3,(H,17,18);1H. The van der Waals surface area contributed by atoms with Gasteiger partial charge in [-0.3, -0.25) is 4.79 Å². The second-order valence-corrected chi connectivity index (χ2v) is 5.61. The highest BCUT2D eigenvalue weighted by molar-refractivity contribution is 7.98. The van der Waals surface area contributed by atoms with Crippen LogP contribution in [0.15, 0.2) is 24.3 Å². The van der Waals surface area contributed by atoms with Gasteiger partial charge in [-0.15, -0.1) is 12.4 Å². The van der Waals surface area contributed by atoms with E-state index < -0.39 is 0 Å². The Labute approximate surface area is 137 Å². The molecule has 1 aromatic carbocycles. The third-order valence-electron chi connectivity index (χ3n) is 2.76. The van der Waals surface area contributed by atoms with Crippen LogP contribution in [0.25, 0.3) is 0 Å². The van der Waals surface area contributed by atoms with Crippen LogP contribution in [-0.4, -0.2) is 45.0 Å². The van der Waals surface area contributed by atoms with E-state index in [-0.39, 0.29) is 18.3 Å². The summed E-state index contributed by atoms with van der Waals surface area (Å²) in [6.45, 7) is 5.00. The topological polar surface area (TPSA) is 50.4 Å². The van der Waals surface area contributed by atoms with Crippen molar-refractivity contribution in [2.75, 3.05) is 39.1 Å². The predicted octanol–water partition coefficient (Wildman–Crippen LogP) is 2.33. The Morgan fingerprint density at radius 3 is 2.52 bits per heavy atom. The van der Waals surface area contributed by atoms with Gasteiger partial charge in [-0.1, -0.05) is 19.1 Å². The molecule has 0 heterocycles. The van der Waals surface area contributed by atoms with E-state index in [1.54, 1.807) is 7.11 Å². The third-order valence-corrected chi connectivity index (χ3v) is 3.70. The quantitative estimate of drug-likeness (QED) is 0.646. The predicted molar refractivity (Wildman–Crippen MR) is 92.6 cm³/mol. The summed E-state index contributed by atoms with van der Waals surface area (Å²) in [6.07, 6.45) is 0. The van der Waals surface area contributed by atoms with Crippen LogP contribution in [0.2, 0.25) is 0 Å². The van der Waals surface area contributed by atoms with Crippen LogP contribution in [0.5, 0.6) is 0 Å². The van der Waals surface area contributed by atoms with Gasteiger partial charge < -0.3 is 15.4 Å². The highest BCUT2D eigenvalue weighted by Gasteiger charge is 2.04. The zero-order chi connectivity index (χ0) is 14.6. The minimum Gasteiger partial charge on any atom is -0.383 e. The first kappa shape index (κ1) is 20.2. The Morgan fingerprint density at radius 1 is 1.19 bits per heavy atom. The van der Waals surface area contributed by atoms with Gasteiger partial charge in [-0.2, -0.15) is 11.8 Å². The molecule has 2 N–H and O–H groups in total. The van der Waals surface area contributed by atoms with Gasteiger partial charge in [0.2, 0.25) is 0 Å². The fourth-order valence-electron chi connectivity index (χ4n) is 1.64. The van der Waals surface area contributed by atoms with E-state index in [4.69, 9.17) is 4.74 Å². The van der Waals surface area contributed by atoms with Gasteiger partial charge in [0.05, 0.1) is 6.61 Å². The first-order valence-corrected chi connectivity index (χ1v) is 8.08. The van der Waals surface area contributed by atoms with Gasteiger partial charge in [-0.05, 0) is 23.4 Å². The molecule has 0 radical (unpaired) electrons. The fraction of sp³-hybridized carbons (Fsp3) is 0.533. The van der Waals surface area contributed by atoms with Gasteiger partial charge in [0.15, 0.2) is 0 Å². The van der Waals surface area contributed by atoms with Gasteiger partial charge in [0, 0.05) is 38.1 Å². The number of carbonyl (C=O) groups excluding carboxylic acids is 1. The smallest absolute Gasteiger partial charge is 0.251 e. The van der Waals surface area contributed by atoms with Crippen molar-refractivity contribution in [2.45, 2.75) is 12.7 Å². The van der Waals surface area contributed by atoms with Crippen molar-refractivity contribution in [1.29, 1.82) is 0 Å². The van der Waals surface area contributed by atoms with E-state index in [1.165, 1.54) is 5.56 Å². The van der Waals surface area contributed by atoms with Crippen LogP contribution in [0.1, 0.15) is 22.8 Å². The summed E-state index contributed by atoms with van der Waals surface area (Å²) in [5.74, 6) is 2.09. The van der Waals surface area contributed by atoms with Crippen molar-refractivity contribution in [1.82, 2.24) is 10.6 Å². The molecule has 1 aromatic rings. The maximum absolute atomic E-state index is 11.9. The molecule has 0 unspecified atom stereocenters. The van der Waals surface area contributed by atoms with Gasteiger partial charge in [-0.25, -0.2) is 0 Å². The second kappa shape index (κ2) is 13.0. The number of amides is 1. The van der Waals surface area contributed by atoms with E-state index >= 15 is 0 Å². The Morgan fingerprint density at radius 2 is 1.90 bits per heavy atom. The summed E-state index contributed by atoms with van der Waals surface area (Å²) >= 11 is 1.88. The molecule has 21 heavy (non-hydrogen) atoms. The number of methoxy groups -OCH3 is 1. The Kier molecular flexibility index (Phi) is 12.5. The Balaban J connectivity index is 0.00000400. The lowest BCUT2D eigenvalue weighted by atomic mass is 10.1. The van der Waals surface area contributed by atoms with Crippen molar-refractivity contribution in [3.63, 3.8) is 0 Å². The molecule has 0 bridgehead atoms. The molecule has 1 amide bonds. The van der Waals surface area contributed by atoms with Gasteiger partial charge in [0.25, 0.3) is 5.91 Å². The molecule has 6 heteroatoms. The lowest BCUT2D eigenvalue weighted by Gasteiger charge is -2.07. The first-order chi connectivity index (χ1) is 9.77. The van der Waals surface area contributed by atoms with E-state index in [9.17, 15) is 4.79 Å². The normalized spacial score (nSPS) is 10.0. The van der Waals surface area contributed by atoms with Crippen molar-refractivity contribution in [2.24, 2.45) is 0 Å². The number of rotatable bonds is 10. The maximum Gasteiger partial charge on any atom is 0.251 e. The van der Waals surface area contributed by atoms with Crippen LogP contribution < -0.4 is 10.6 Å². The zero-order valence-electron chi connectivity index (χ0n) is 12.7. The second-order valence-electron chi connectivity index (χ2n) is 4.33. The van der Waals surface area contributed by atoms with Crippen molar-refractivity contribution in [3.05, 3.63) is 35.4 Å². The number of ether oxygens (including phenoxy) is 1. The number of halogens is 1. The number of hydrogen-bond donors (Lipinski definition) is 2. The number of benzene rings is 1. The fourth-order valence-corrected chi connectivity index (χ4v) is 2.27. The number of nitrogens with one attached hydrogen (secondary N) is 2. The van der Waals surface area contributed by atoms with Crippen LogP contribution in [0.4, 0.5) is 0 Å². The van der Waals surface area contributed by atoms with E-state index in [2.05, 4.69) is 17.6 Å². The minimum absolute atomic E-state index is 0. The monoisotopic (exact) mass is 332 g/mol. The highest BCUT2D eigenvalue weighted by atomic mass is 35.5. The van der Waals surface area contributed by atoms with Crippen molar-refractivity contribution in [3.8, 4) is 0 Å². The molecular weight excluding hydrogens is 308 g/mol. The summed E-state index contributed by atoms with van der Waals surface area (Å²) in [7, 11) is 1.67. The maximum atomic E-state index is 11.9. The Bertz CT molecular complexity index is 388. The number of carbonyl (C=O) groups is 1. The average Bonchev–Trinajstić information content (AvgIpc) is 2.49. The summed E-state index contributed by atoms with van der Waals surface area (Å²) in [4.78, 5) is 11.9. The molecule has 0 fully saturated rings. The SMILES string of the molecule is CCSCc1ccc(C(=O)NCCNCCOC)cc1.Cl. The lowest BCUT2D eigenvalue weighted by Crippen LogP contribution is -2.33. The highest BCUT2D eigenvalue weighted by Crippen LogP contribution is 2.12. The lowest BCUT2D eigenvalue weighted by molar-refractivity contribution is 0.0953. The molecule has 0 aliphatic heterocycles. The largest absolute Gasteiger partial charge is 0.383 e. The molecule has 1 rings (SSSR count). The summed E-state index contributed by atoms with van der Waals surface area (Å²) in [5.41, 5.74) is 1.97. The summed E-state index contributed by atoms with van der Waals surface area (Å²) in [6, 6.07) is 7.82. The van der Waals surface area contributed by atoms with E-state index in [0.717, 1.165) is 24.6 Å². The molecule has 0 spiro atoms. The molecule has 0 aromatic heterocycles. The molecule has 4 nitrogen and oxygen atoms in total. The van der Waals surface area contributed by atoms with Crippen molar-refractivity contribution >= 4 is 30.1 Å². The van der Waals surface area contributed by atoms with Crippen LogP contribution in [-0.2, 0) is 10.5 Å². The molecule has 0 aliphatic carbocycles. The zero-order valence-corrected chi connectivity index (χ0v) is 14.3. The molecule has 0 aliphatic rings. The van der Waals surface area contributed by atoms with Crippen LogP contribution in [0, 0.1) is 0 Å². The van der Waals surface area contributed by atoms with Gasteiger partial charge >= 0.3 is 0 Å². The molecule has 0 saturated heterocycles. The average molecular weight is 333 g/mol. The summed E-state index contributed by atoms with van der Waals surface area (Å²) in [5, 5.41) is 6.07. The van der Waals surface area contributed by atoms with E-state index in [0.29, 0.717) is 18.7 Å². The first-order valence-electron chi connectivity index (χ1n) is 6.92. The summed E-state index contributed by atoms with van der Waals surface area (Å²) < 4.78 is 4.93. The molecular formula is C15H25ClN2O2S. The number of thioether (sulfide) groups is 1. The van der Waals surface area contributed by atoms with Gasteiger partial charge in [0.1, 0.15) is 0 Å². The number of hydrogen-bond acceptors (Lipinski definition) is 4. The van der Waals surface area contributed by atoms with Crippen LogP contribution in [0.3, 0.4) is 0 Å². The molecule has 0 atom stereocenters. The third kappa shape index (κ3) is 8.98. The van der Waals surface area contributed by atoms with E-state index in [1.807, 2.05) is 36.0 Å². The molecule has 120 valence electrons. The Hall–Kier alpha value is -0.750. The van der Waals surface area contributed by atoms with Crippen molar-refractivity contribution < 1.29 is 9.53 Å². The molecule has 0 saturated carbocycles. The minimum atomic E-state index is -0.0202.